The lowest BCUT2D eigenvalue weighted by atomic mass is 10.0. The van der Waals surface area contributed by atoms with E-state index in [1.165, 1.54) is 5.39 Å². The predicted octanol–water partition coefficient (Wildman–Crippen LogP) is 3.85. The molecule has 0 aliphatic carbocycles. The number of hydrogen-bond donors (Lipinski definition) is 1. The second kappa shape index (κ2) is 5.12. The quantitative estimate of drug-likeness (QED) is 0.595. The first kappa shape index (κ1) is 14.8. The van der Waals surface area contributed by atoms with E-state index in [-0.39, 0.29) is 6.54 Å². The average Bonchev–Trinajstić information content (AvgIpc) is 3.07. The lowest BCUT2D eigenvalue weighted by Crippen LogP contribution is -2.36. The van der Waals surface area contributed by atoms with Gasteiger partial charge in [0.1, 0.15) is 0 Å². The van der Waals surface area contributed by atoms with E-state index in [1.54, 1.807) is 6.07 Å². The smallest absolute Gasteiger partial charge is 0.344 e. The van der Waals surface area contributed by atoms with Crippen molar-refractivity contribution >= 4 is 16.8 Å². The van der Waals surface area contributed by atoms with Gasteiger partial charge in [-0.3, -0.25) is 4.79 Å². The van der Waals surface area contributed by atoms with Crippen molar-refractivity contribution in [3.63, 3.8) is 0 Å². The Kier molecular flexibility index (Phi) is 3.16. The Bertz CT molecular complexity index is 957. The molecule has 0 atom stereocenters. The number of halogens is 3. The van der Waals surface area contributed by atoms with Crippen LogP contribution >= 0.6 is 0 Å². The molecule has 3 nitrogen and oxygen atoms in total. The largest absolute Gasteiger partial charge is 0.471 e. The molecule has 0 unspecified atom stereocenters. The highest BCUT2D eigenvalue weighted by Crippen LogP contribution is 2.37. The summed E-state index contributed by atoms with van der Waals surface area (Å²) in [5.41, 5.74) is 5.03. The van der Waals surface area contributed by atoms with E-state index in [9.17, 15) is 18.0 Å². The fourth-order valence-electron chi connectivity index (χ4n) is 3.19. The number of carbonyl (C=O) groups is 1. The normalized spacial score (nSPS) is 13.0. The van der Waals surface area contributed by atoms with E-state index in [4.69, 9.17) is 0 Å². The van der Waals surface area contributed by atoms with Crippen molar-refractivity contribution in [2.75, 3.05) is 0 Å². The van der Waals surface area contributed by atoms with Crippen molar-refractivity contribution in [2.24, 2.45) is 0 Å². The Balaban J connectivity index is 1.60. The van der Waals surface area contributed by atoms with Crippen molar-refractivity contribution in [1.29, 1.82) is 0 Å². The van der Waals surface area contributed by atoms with Crippen LogP contribution in [0.2, 0.25) is 0 Å². The van der Waals surface area contributed by atoms with E-state index in [2.05, 4.69) is 22.8 Å². The van der Waals surface area contributed by atoms with Crippen molar-refractivity contribution in [3.8, 4) is 11.3 Å². The Labute approximate surface area is 135 Å². The average molecular weight is 330 g/mol. The number of nitrogens with one attached hydrogen (secondary N) is 1. The summed E-state index contributed by atoms with van der Waals surface area (Å²) in [5, 5.41) is 3.07. The van der Waals surface area contributed by atoms with Crippen LogP contribution in [-0.4, -0.2) is 16.7 Å². The first-order valence-corrected chi connectivity index (χ1v) is 7.49. The van der Waals surface area contributed by atoms with Crippen LogP contribution < -0.4 is 5.32 Å². The van der Waals surface area contributed by atoms with E-state index in [0.717, 1.165) is 22.3 Å². The zero-order valence-corrected chi connectivity index (χ0v) is 12.5. The molecule has 2 heterocycles. The predicted molar refractivity (Wildman–Crippen MR) is 84.4 cm³/mol. The summed E-state index contributed by atoms with van der Waals surface area (Å²) in [4.78, 5) is 10.9. The summed E-state index contributed by atoms with van der Waals surface area (Å²) in [7, 11) is 0. The number of alkyl halides is 3. The highest BCUT2D eigenvalue weighted by atomic mass is 19.4. The standard InChI is InChI=1S/C18H13F3N2O/c19-18(20,21)17(24)22-9-11-5-6-14-13(7-11)10-23-15-4-2-1-3-12(15)8-16(14)23/h1-8H,9-10H2,(H,22,24). The molecule has 122 valence electrons. The number of para-hydroxylation sites is 1. The molecular formula is C18H13F3N2O. The first-order chi connectivity index (χ1) is 11.4. The number of fused-ring (bicyclic) bond motifs is 5. The molecule has 1 aliphatic rings. The maximum absolute atomic E-state index is 12.2. The zero-order valence-electron chi connectivity index (χ0n) is 12.5. The molecule has 6 heteroatoms. The van der Waals surface area contributed by atoms with Crippen LogP contribution in [0.15, 0.2) is 48.5 Å². The third kappa shape index (κ3) is 2.35. The summed E-state index contributed by atoms with van der Waals surface area (Å²) in [6.45, 7) is 0.542. The van der Waals surface area contributed by atoms with Gasteiger partial charge in [-0.1, -0.05) is 36.4 Å². The van der Waals surface area contributed by atoms with Crippen LogP contribution in [0, 0.1) is 0 Å². The molecule has 3 aromatic rings. The second-order valence-corrected chi connectivity index (χ2v) is 5.85. The minimum Gasteiger partial charge on any atom is -0.344 e. The molecule has 0 saturated carbocycles. The number of benzene rings is 2. The fraction of sp³-hybridized carbons (Fsp3) is 0.167. The van der Waals surface area contributed by atoms with Gasteiger partial charge in [-0.25, -0.2) is 0 Å². The molecule has 0 spiro atoms. The number of carbonyl (C=O) groups excluding carboxylic acids is 1. The van der Waals surface area contributed by atoms with Crippen molar-refractivity contribution in [1.82, 2.24) is 9.88 Å². The van der Waals surface area contributed by atoms with Crippen LogP contribution in [0.5, 0.6) is 0 Å². The third-order valence-corrected chi connectivity index (χ3v) is 4.30. The van der Waals surface area contributed by atoms with Gasteiger partial charge in [0.25, 0.3) is 0 Å². The van der Waals surface area contributed by atoms with Crippen LogP contribution in [0.3, 0.4) is 0 Å². The van der Waals surface area contributed by atoms with Crippen molar-refractivity contribution in [3.05, 3.63) is 59.7 Å². The molecule has 1 amide bonds. The molecule has 2 aromatic carbocycles. The number of aromatic nitrogens is 1. The molecule has 0 bridgehead atoms. The zero-order chi connectivity index (χ0) is 16.9. The van der Waals surface area contributed by atoms with Crippen LogP contribution in [0.4, 0.5) is 13.2 Å². The molecule has 4 rings (SSSR count). The van der Waals surface area contributed by atoms with Gasteiger partial charge in [0.2, 0.25) is 0 Å². The number of amides is 1. The topological polar surface area (TPSA) is 34.0 Å². The van der Waals surface area contributed by atoms with Gasteiger partial charge in [-0.15, -0.1) is 0 Å². The number of rotatable bonds is 2. The Morgan fingerprint density at radius 2 is 1.92 bits per heavy atom. The van der Waals surface area contributed by atoms with Gasteiger partial charge in [0.15, 0.2) is 0 Å². The molecule has 24 heavy (non-hydrogen) atoms. The molecule has 0 saturated heterocycles. The Morgan fingerprint density at radius 1 is 1.12 bits per heavy atom. The molecule has 1 aliphatic heterocycles. The van der Waals surface area contributed by atoms with Crippen LogP contribution in [-0.2, 0) is 17.9 Å². The van der Waals surface area contributed by atoms with Gasteiger partial charge in [0, 0.05) is 35.2 Å². The first-order valence-electron chi connectivity index (χ1n) is 7.49. The fourth-order valence-corrected chi connectivity index (χ4v) is 3.19. The molecule has 1 aromatic heterocycles. The highest BCUT2D eigenvalue weighted by molar-refractivity contribution is 5.89. The summed E-state index contributed by atoms with van der Waals surface area (Å²) < 4.78 is 38.9. The Morgan fingerprint density at radius 3 is 2.71 bits per heavy atom. The van der Waals surface area contributed by atoms with E-state index < -0.39 is 12.1 Å². The van der Waals surface area contributed by atoms with Crippen LogP contribution in [0.25, 0.3) is 22.2 Å². The minimum absolute atomic E-state index is 0.138. The summed E-state index contributed by atoms with van der Waals surface area (Å²) in [6, 6.07) is 15.7. The van der Waals surface area contributed by atoms with E-state index in [1.807, 2.05) is 29.6 Å². The van der Waals surface area contributed by atoms with E-state index in [0.29, 0.717) is 12.1 Å². The monoisotopic (exact) mass is 330 g/mol. The summed E-state index contributed by atoms with van der Waals surface area (Å²) in [6.07, 6.45) is -4.85. The molecule has 1 N–H and O–H groups in total. The van der Waals surface area contributed by atoms with Gasteiger partial charge in [-0.2, -0.15) is 13.2 Å². The van der Waals surface area contributed by atoms with E-state index >= 15 is 0 Å². The minimum atomic E-state index is -4.85. The second-order valence-electron chi connectivity index (χ2n) is 5.85. The SMILES string of the molecule is O=C(NCc1ccc2c(c1)Cn1c-2cc2ccccc21)C(F)(F)F. The van der Waals surface area contributed by atoms with Gasteiger partial charge >= 0.3 is 12.1 Å². The van der Waals surface area contributed by atoms with Gasteiger partial charge in [-0.05, 0) is 23.3 Å². The summed E-state index contributed by atoms with van der Waals surface area (Å²) in [5.74, 6) is -1.92. The Hall–Kier alpha value is -2.76. The highest BCUT2D eigenvalue weighted by Gasteiger charge is 2.38. The summed E-state index contributed by atoms with van der Waals surface area (Å²) >= 11 is 0. The van der Waals surface area contributed by atoms with Crippen molar-refractivity contribution in [2.45, 2.75) is 19.3 Å². The van der Waals surface area contributed by atoms with Crippen molar-refractivity contribution < 1.29 is 18.0 Å². The number of nitrogens with zero attached hydrogens (tertiary/aromatic N) is 1. The van der Waals surface area contributed by atoms with Gasteiger partial charge in [0.05, 0.1) is 0 Å². The van der Waals surface area contributed by atoms with Gasteiger partial charge < -0.3 is 9.88 Å². The van der Waals surface area contributed by atoms with Crippen LogP contribution in [0.1, 0.15) is 11.1 Å². The molecule has 0 radical (unpaired) electrons. The number of hydrogen-bond acceptors (Lipinski definition) is 1. The lowest BCUT2D eigenvalue weighted by molar-refractivity contribution is -0.173. The maximum Gasteiger partial charge on any atom is 0.471 e. The lowest BCUT2D eigenvalue weighted by Gasteiger charge is -2.09. The maximum atomic E-state index is 12.2. The third-order valence-electron chi connectivity index (χ3n) is 4.30. The molecule has 0 fully saturated rings. The molecular weight excluding hydrogens is 317 g/mol.